The van der Waals surface area contributed by atoms with Gasteiger partial charge in [-0.3, -0.25) is 4.79 Å². The maximum atomic E-state index is 10.6. The first kappa shape index (κ1) is 13.5. The van der Waals surface area contributed by atoms with Gasteiger partial charge in [-0.25, -0.2) is 0 Å². The first-order valence-electron chi connectivity index (χ1n) is 5.58. The van der Waals surface area contributed by atoms with E-state index < -0.39 is 12.0 Å². The minimum absolute atomic E-state index is 0.411. The van der Waals surface area contributed by atoms with Crippen LogP contribution >= 0.6 is 0 Å². The number of benzene rings is 1. The molecule has 0 heterocycles. The quantitative estimate of drug-likeness (QED) is 0.816. The Labute approximate surface area is 101 Å². The summed E-state index contributed by atoms with van der Waals surface area (Å²) in [6.07, 6.45) is 1.02. The van der Waals surface area contributed by atoms with E-state index >= 15 is 0 Å². The zero-order valence-electron chi connectivity index (χ0n) is 10.5. The number of carbonyl (C=O) groups is 1. The molecule has 4 nitrogen and oxygen atoms in total. The van der Waals surface area contributed by atoms with E-state index in [2.05, 4.69) is 0 Å². The summed E-state index contributed by atoms with van der Waals surface area (Å²) in [5.74, 6) is -0.168. The van der Waals surface area contributed by atoms with Gasteiger partial charge >= 0.3 is 5.97 Å². The summed E-state index contributed by atoms with van der Waals surface area (Å²) in [4.78, 5) is 10.6. The summed E-state index contributed by atoms with van der Waals surface area (Å²) in [5, 5.41) is 8.73. The van der Waals surface area contributed by atoms with Gasteiger partial charge in [-0.15, -0.1) is 0 Å². The summed E-state index contributed by atoms with van der Waals surface area (Å²) in [5.41, 5.74) is 8.82. The number of aryl methyl sites for hydroxylation is 3. The van der Waals surface area contributed by atoms with E-state index in [4.69, 9.17) is 15.6 Å². The van der Waals surface area contributed by atoms with Gasteiger partial charge in [-0.2, -0.15) is 0 Å². The Balaban J connectivity index is 2.83. The zero-order valence-corrected chi connectivity index (χ0v) is 10.5. The number of nitrogens with two attached hydrogens (primary N) is 1. The molecule has 4 heteroatoms. The van der Waals surface area contributed by atoms with E-state index in [0.717, 1.165) is 16.9 Å². The molecule has 0 aliphatic rings. The standard InChI is InChI=1S/C13H19NO3/c1-8-6-10(4-5-11(14)13(15)16)12(17-3)7-9(8)2/h6-7,11H,4-5,14H2,1-3H3,(H,15,16). The lowest BCUT2D eigenvalue weighted by atomic mass is 10.00. The fourth-order valence-electron chi connectivity index (χ4n) is 1.67. The first-order chi connectivity index (χ1) is 7.95. The molecule has 1 atom stereocenters. The minimum Gasteiger partial charge on any atom is -0.496 e. The molecule has 1 rings (SSSR count). The predicted octanol–water partition coefficient (Wildman–Crippen LogP) is 1.66. The molecule has 17 heavy (non-hydrogen) atoms. The Bertz CT molecular complexity index is 415. The molecule has 0 aromatic heterocycles. The molecule has 94 valence electrons. The summed E-state index contributed by atoms with van der Waals surface area (Å²) in [7, 11) is 1.62. The molecule has 1 aromatic rings. The Morgan fingerprint density at radius 1 is 1.41 bits per heavy atom. The Kier molecular flexibility index (Phi) is 4.52. The van der Waals surface area contributed by atoms with Crippen LogP contribution in [-0.2, 0) is 11.2 Å². The normalized spacial score (nSPS) is 12.2. The molecule has 0 bridgehead atoms. The van der Waals surface area contributed by atoms with Gasteiger partial charge in [0.1, 0.15) is 11.8 Å². The zero-order chi connectivity index (χ0) is 13.0. The van der Waals surface area contributed by atoms with Gasteiger partial charge in [-0.05, 0) is 49.4 Å². The number of carboxylic acid groups (broad SMARTS) is 1. The molecule has 0 fully saturated rings. The lowest BCUT2D eigenvalue weighted by Gasteiger charge is -2.13. The number of hydrogen-bond acceptors (Lipinski definition) is 3. The van der Waals surface area contributed by atoms with Crippen LogP contribution in [0.25, 0.3) is 0 Å². The van der Waals surface area contributed by atoms with Crippen molar-refractivity contribution in [3.63, 3.8) is 0 Å². The average Bonchev–Trinajstić information content (AvgIpc) is 2.29. The molecule has 1 unspecified atom stereocenters. The van der Waals surface area contributed by atoms with Crippen LogP contribution in [0.3, 0.4) is 0 Å². The van der Waals surface area contributed by atoms with Gasteiger partial charge in [0.05, 0.1) is 7.11 Å². The maximum Gasteiger partial charge on any atom is 0.320 e. The third-order valence-electron chi connectivity index (χ3n) is 2.94. The van der Waals surface area contributed by atoms with E-state index in [0.29, 0.717) is 12.8 Å². The molecular formula is C13H19NO3. The number of aliphatic carboxylic acids is 1. The smallest absolute Gasteiger partial charge is 0.320 e. The third-order valence-corrected chi connectivity index (χ3v) is 2.94. The molecule has 0 spiro atoms. The third kappa shape index (κ3) is 3.46. The fourth-order valence-corrected chi connectivity index (χ4v) is 1.67. The predicted molar refractivity (Wildman–Crippen MR) is 66.4 cm³/mol. The molecule has 0 radical (unpaired) electrons. The average molecular weight is 237 g/mol. The highest BCUT2D eigenvalue weighted by Crippen LogP contribution is 2.24. The Hall–Kier alpha value is -1.55. The number of methoxy groups -OCH3 is 1. The second-order valence-corrected chi connectivity index (χ2v) is 4.23. The molecular weight excluding hydrogens is 218 g/mol. The van der Waals surface area contributed by atoms with Crippen LogP contribution in [0.4, 0.5) is 0 Å². The summed E-state index contributed by atoms with van der Waals surface area (Å²) in [6, 6.07) is 3.18. The van der Waals surface area contributed by atoms with Gasteiger partial charge in [0.25, 0.3) is 0 Å². The molecule has 3 N–H and O–H groups in total. The fraction of sp³-hybridized carbons (Fsp3) is 0.462. The summed E-state index contributed by atoms with van der Waals surface area (Å²) >= 11 is 0. The largest absolute Gasteiger partial charge is 0.496 e. The van der Waals surface area contributed by atoms with Crippen LogP contribution in [0.1, 0.15) is 23.1 Å². The van der Waals surface area contributed by atoms with E-state index in [1.165, 1.54) is 5.56 Å². The van der Waals surface area contributed by atoms with Gasteiger partial charge < -0.3 is 15.6 Å². The minimum atomic E-state index is -0.965. The summed E-state index contributed by atoms with van der Waals surface area (Å²) < 4.78 is 5.29. The second kappa shape index (κ2) is 5.68. The summed E-state index contributed by atoms with van der Waals surface area (Å²) in [6.45, 7) is 4.04. The van der Waals surface area contributed by atoms with Crippen LogP contribution in [0, 0.1) is 13.8 Å². The Morgan fingerprint density at radius 3 is 2.53 bits per heavy atom. The maximum absolute atomic E-state index is 10.6. The first-order valence-corrected chi connectivity index (χ1v) is 5.58. The molecule has 0 saturated carbocycles. The van der Waals surface area contributed by atoms with Crippen LogP contribution in [0.15, 0.2) is 12.1 Å². The Morgan fingerprint density at radius 2 is 2.00 bits per heavy atom. The SMILES string of the molecule is COc1cc(C)c(C)cc1CCC(N)C(=O)O. The number of carboxylic acids is 1. The van der Waals surface area contributed by atoms with Gasteiger partial charge in [0, 0.05) is 0 Å². The van der Waals surface area contributed by atoms with Crippen molar-refractivity contribution in [2.45, 2.75) is 32.7 Å². The topological polar surface area (TPSA) is 72.5 Å². The number of ether oxygens (including phenoxy) is 1. The van der Waals surface area contributed by atoms with Gasteiger partial charge in [-0.1, -0.05) is 6.07 Å². The van der Waals surface area contributed by atoms with Crippen molar-refractivity contribution < 1.29 is 14.6 Å². The van der Waals surface area contributed by atoms with E-state index in [1.807, 2.05) is 26.0 Å². The molecule has 0 aliphatic carbocycles. The second-order valence-electron chi connectivity index (χ2n) is 4.23. The van der Waals surface area contributed by atoms with E-state index in [-0.39, 0.29) is 0 Å². The van der Waals surface area contributed by atoms with Crippen molar-refractivity contribution >= 4 is 5.97 Å². The van der Waals surface area contributed by atoms with Crippen molar-refractivity contribution in [1.82, 2.24) is 0 Å². The van der Waals surface area contributed by atoms with Crippen LogP contribution in [-0.4, -0.2) is 24.2 Å². The van der Waals surface area contributed by atoms with E-state index in [9.17, 15) is 4.79 Å². The van der Waals surface area contributed by atoms with Crippen LogP contribution < -0.4 is 10.5 Å². The molecule has 1 aromatic carbocycles. The van der Waals surface area contributed by atoms with Crippen molar-refractivity contribution in [2.24, 2.45) is 5.73 Å². The van der Waals surface area contributed by atoms with E-state index in [1.54, 1.807) is 7.11 Å². The van der Waals surface area contributed by atoms with Crippen molar-refractivity contribution in [3.05, 3.63) is 28.8 Å². The highest BCUT2D eigenvalue weighted by atomic mass is 16.5. The van der Waals surface area contributed by atoms with Gasteiger partial charge in [0.15, 0.2) is 0 Å². The molecule has 0 amide bonds. The van der Waals surface area contributed by atoms with Crippen molar-refractivity contribution in [3.8, 4) is 5.75 Å². The molecule has 0 aliphatic heterocycles. The van der Waals surface area contributed by atoms with Crippen LogP contribution in [0.5, 0.6) is 5.75 Å². The van der Waals surface area contributed by atoms with Gasteiger partial charge in [0.2, 0.25) is 0 Å². The van der Waals surface area contributed by atoms with Crippen LogP contribution in [0.2, 0.25) is 0 Å². The molecule has 0 saturated heterocycles. The van der Waals surface area contributed by atoms with Crippen molar-refractivity contribution in [2.75, 3.05) is 7.11 Å². The highest BCUT2D eigenvalue weighted by molar-refractivity contribution is 5.73. The monoisotopic (exact) mass is 237 g/mol. The number of hydrogen-bond donors (Lipinski definition) is 2. The highest BCUT2D eigenvalue weighted by Gasteiger charge is 2.13. The lowest BCUT2D eigenvalue weighted by molar-refractivity contribution is -0.138. The lowest BCUT2D eigenvalue weighted by Crippen LogP contribution is -2.30. The number of rotatable bonds is 5. The van der Waals surface area contributed by atoms with Crippen molar-refractivity contribution in [1.29, 1.82) is 0 Å².